The monoisotopic (exact) mass is 293 g/mol. The van der Waals surface area contributed by atoms with Gasteiger partial charge in [0.1, 0.15) is 5.75 Å². The second-order valence-corrected chi connectivity index (χ2v) is 4.75. The summed E-state index contributed by atoms with van der Waals surface area (Å²) in [6.07, 6.45) is 2.00. The lowest BCUT2D eigenvalue weighted by atomic mass is 9.92. The molecule has 1 saturated heterocycles. The third-order valence-electron chi connectivity index (χ3n) is 3.41. The van der Waals surface area contributed by atoms with Crippen LogP contribution in [0.5, 0.6) is 5.75 Å². The maximum Gasteiger partial charge on any atom is 0.358 e. The lowest BCUT2D eigenvalue weighted by Crippen LogP contribution is -2.31. The summed E-state index contributed by atoms with van der Waals surface area (Å²) in [6.45, 7) is 1.56. The Bertz CT molecular complexity index is 522. The molecule has 0 spiro atoms. The Morgan fingerprint density at radius 3 is 2.43 bits per heavy atom. The minimum absolute atomic E-state index is 0.288. The number of aliphatic carboxylic acids is 1. The van der Waals surface area contributed by atoms with Crippen molar-refractivity contribution in [2.45, 2.75) is 18.8 Å². The lowest BCUT2D eigenvalue weighted by molar-refractivity contribution is -0.133. The number of nitrogens with one attached hydrogen (secondary N) is 1. The van der Waals surface area contributed by atoms with Crippen molar-refractivity contribution in [3.05, 3.63) is 41.4 Å². The molecule has 0 radical (unpaired) electrons. The number of hydrogen-bond donors (Lipinski definition) is 4. The third-order valence-corrected chi connectivity index (χ3v) is 3.41. The van der Waals surface area contributed by atoms with Crippen LogP contribution in [-0.4, -0.2) is 24.3 Å². The van der Waals surface area contributed by atoms with E-state index in [1.54, 1.807) is 12.1 Å². The van der Waals surface area contributed by atoms with Gasteiger partial charge in [0.25, 0.3) is 0 Å². The molecule has 0 atom stereocenters. The number of hydrazine groups is 1. The summed E-state index contributed by atoms with van der Waals surface area (Å²) in [5.74, 6) is 4.46. The van der Waals surface area contributed by atoms with E-state index in [4.69, 9.17) is 26.2 Å². The van der Waals surface area contributed by atoms with Crippen molar-refractivity contribution in [1.82, 2.24) is 5.43 Å². The van der Waals surface area contributed by atoms with E-state index in [1.807, 2.05) is 17.6 Å². The van der Waals surface area contributed by atoms with Gasteiger partial charge in [-0.15, -0.1) is 0 Å². The maximum absolute atomic E-state index is 10.9. The molecule has 7 heteroatoms. The molecule has 1 fully saturated rings. The number of hydrogen-bond acceptors (Lipinski definition) is 6. The van der Waals surface area contributed by atoms with Gasteiger partial charge in [-0.05, 0) is 36.5 Å². The number of carboxylic acids is 1. The first-order valence-corrected chi connectivity index (χ1v) is 6.67. The number of rotatable bonds is 5. The molecule has 21 heavy (non-hydrogen) atoms. The Morgan fingerprint density at radius 2 is 1.90 bits per heavy atom. The van der Waals surface area contributed by atoms with Crippen molar-refractivity contribution in [2.24, 2.45) is 11.6 Å². The molecule has 1 heterocycles. The lowest BCUT2D eigenvalue weighted by Gasteiger charge is -2.22. The Kier molecular flexibility index (Phi) is 5.02. The number of carbonyl (C=O) groups is 1. The van der Waals surface area contributed by atoms with Gasteiger partial charge in [-0.25, -0.2) is 4.79 Å². The van der Waals surface area contributed by atoms with Crippen LogP contribution in [-0.2, 0) is 9.53 Å². The van der Waals surface area contributed by atoms with Gasteiger partial charge in [-0.2, -0.15) is 0 Å². The largest absolute Gasteiger partial charge is 0.476 e. The highest BCUT2D eigenvalue weighted by molar-refractivity contribution is 5.86. The van der Waals surface area contributed by atoms with E-state index in [0.717, 1.165) is 26.1 Å². The molecule has 0 unspecified atom stereocenters. The highest BCUT2D eigenvalue weighted by Crippen LogP contribution is 2.28. The van der Waals surface area contributed by atoms with Gasteiger partial charge in [0.05, 0.1) is 0 Å². The Balaban J connectivity index is 2.07. The molecular weight excluding hydrogens is 274 g/mol. The summed E-state index contributed by atoms with van der Waals surface area (Å²) in [6, 6.07) is 7.42. The molecule has 0 aromatic heterocycles. The molecule has 6 N–H and O–H groups in total. The third kappa shape index (κ3) is 3.87. The molecule has 7 nitrogen and oxygen atoms in total. The summed E-state index contributed by atoms with van der Waals surface area (Å²) in [5, 5.41) is 8.86. The van der Waals surface area contributed by atoms with Crippen LogP contribution in [0, 0.1) is 0 Å². The first kappa shape index (κ1) is 15.1. The molecular formula is C14H19N3O4. The fraction of sp³-hybridized carbons (Fsp3) is 0.357. The topological polar surface area (TPSA) is 120 Å². The van der Waals surface area contributed by atoms with E-state index in [-0.39, 0.29) is 11.6 Å². The molecule has 1 aliphatic heterocycles. The van der Waals surface area contributed by atoms with Gasteiger partial charge in [0.2, 0.25) is 5.88 Å². The highest BCUT2D eigenvalue weighted by Gasteiger charge is 2.16. The predicted octanol–water partition coefficient (Wildman–Crippen LogP) is 0.635. The predicted molar refractivity (Wildman–Crippen MR) is 76.0 cm³/mol. The molecule has 1 aromatic rings. The summed E-state index contributed by atoms with van der Waals surface area (Å²) in [5.41, 5.74) is 8.39. The van der Waals surface area contributed by atoms with Crippen molar-refractivity contribution in [2.75, 3.05) is 13.2 Å². The van der Waals surface area contributed by atoms with E-state index < -0.39 is 5.97 Å². The number of carboxylic acid groups (broad SMARTS) is 1. The Labute approximate surface area is 122 Å². The van der Waals surface area contributed by atoms with E-state index in [1.165, 1.54) is 5.56 Å². The van der Waals surface area contributed by atoms with Gasteiger partial charge in [-0.3, -0.25) is 5.84 Å². The van der Waals surface area contributed by atoms with E-state index in [2.05, 4.69) is 0 Å². The van der Waals surface area contributed by atoms with Crippen LogP contribution < -0.4 is 21.7 Å². The standard InChI is InChI=1S/C14H19N3O4/c15-13(12(17-16)14(18)19)21-11-3-1-9(2-4-11)10-5-7-20-8-6-10/h1-4,10,17H,5-8,15-16H2,(H,18,19)/b13-12+. The van der Waals surface area contributed by atoms with Gasteiger partial charge < -0.3 is 25.7 Å². The van der Waals surface area contributed by atoms with Gasteiger partial charge in [0.15, 0.2) is 5.70 Å². The van der Waals surface area contributed by atoms with Gasteiger partial charge in [-0.1, -0.05) is 12.1 Å². The normalized spacial score (nSPS) is 17.0. The molecule has 0 aliphatic carbocycles. The smallest absolute Gasteiger partial charge is 0.358 e. The molecule has 1 aliphatic rings. The van der Waals surface area contributed by atoms with E-state index in [0.29, 0.717) is 11.7 Å². The molecule has 114 valence electrons. The molecule has 0 bridgehead atoms. The summed E-state index contributed by atoms with van der Waals surface area (Å²) in [7, 11) is 0. The van der Waals surface area contributed by atoms with Crippen LogP contribution in [0.15, 0.2) is 35.8 Å². The zero-order valence-corrected chi connectivity index (χ0v) is 11.5. The van der Waals surface area contributed by atoms with Crippen molar-refractivity contribution < 1.29 is 19.4 Å². The second kappa shape index (κ2) is 6.96. The molecule has 0 saturated carbocycles. The van der Waals surface area contributed by atoms with Crippen LogP contribution in [0.2, 0.25) is 0 Å². The average Bonchev–Trinajstić information content (AvgIpc) is 2.49. The molecule has 2 rings (SSSR count). The maximum atomic E-state index is 10.9. The van der Waals surface area contributed by atoms with Crippen LogP contribution in [0.3, 0.4) is 0 Å². The number of ether oxygens (including phenoxy) is 2. The first-order valence-electron chi connectivity index (χ1n) is 6.67. The average molecular weight is 293 g/mol. The Morgan fingerprint density at radius 1 is 1.29 bits per heavy atom. The highest BCUT2D eigenvalue weighted by atomic mass is 16.5. The minimum atomic E-state index is -1.28. The van der Waals surface area contributed by atoms with Gasteiger partial charge >= 0.3 is 5.97 Å². The fourth-order valence-electron chi connectivity index (χ4n) is 2.26. The van der Waals surface area contributed by atoms with Crippen molar-refractivity contribution in [3.63, 3.8) is 0 Å². The van der Waals surface area contributed by atoms with Crippen LogP contribution in [0.4, 0.5) is 0 Å². The summed E-state index contributed by atoms with van der Waals surface area (Å²) in [4.78, 5) is 10.9. The SMILES string of the molecule is NN/C(C(=O)O)=C(\N)Oc1ccc(C2CCOCC2)cc1. The zero-order chi connectivity index (χ0) is 15.2. The Hall–Kier alpha value is -2.25. The summed E-state index contributed by atoms with van der Waals surface area (Å²) >= 11 is 0. The van der Waals surface area contributed by atoms with Crippen LogP contribution in [0.1, 0.15) is 24.3 Å². The fourth-order valence-corrected chi connectivity index (χ4v) is 2.26. The van der Waals surface area contributed by atoms with Crippen LogP contribution >= 0.6 is 0 Å². The minimum Gasteiger partial charge on any atom is -0.476 e. The van der Waals surface area contributed by atoms with Crippen molar-refractivity contribution in [3.8, 4) is 5.75 Å². The zero-order valence-electron chi connectivity index (χ0n) is 11.5. The van der Waals surface area contributed by atoms with E-state index in [9.17, 15) is 4.79 Å². The van der Waals surface area contributed by atoms with E-state index >= 15 is 0 Å². The van der Waals surface area contributed by atoms with Gasteiger partial charge in [0, 0.05) is 13.2 Å². The summed E-state index contributed by atoms with van der Waals surface area (Å²) < 4.78 is 10.6. The molecule has 0 amide bonds. The van der Waals surface area contributed by atoms with Crippen molar-refractivity contribution in [1.29, 1.82) is 0 Å². The number of nitrogens with two attached hydrogens (primary N) is 2. The second-order valence-electron chi connectivity index (χ2n) is 4.75. The van der Waals surface area contributed by atoms with Crippen LogP contribution in [0.25, 0.3) is 0 Å². The van der Waals surface area contributed by atoms with Crippen molar-refractivity contribution >= 4 is 5.97 Å². The quantitative estimate of drug-likeness (QED) is 0.272. The molecule has 1 aromatic carbocycles. The first-order chi connectivity index (χ1) is 10.1. The number of benzene rings is 1.